The van der Waals surface area contributed by atoms with Gasteiger partial charge in [0.1, 0.15) is 11.6 Å². The van der Waals surface area contributed by atoms with E-state index in [1.54, 1.807) is 6.33 Å². The fourth-order valence-corrected chi connectivity index (χ4v) is 4.56. The lowest BCUT2D eigenvalue weighted by Gasteiger charge is -2.30. The number of imidazole rings is 1. The lowest BCUT2D eigenvalue weighted by molar-refractivity contribution is -0.118. The Balaban J connectivity index is 0.00000456. The Labute approximate surface area is 215 Å². The molecule has 0 aliphatic heterocycles. The Morgan fingerprint density at radius 3 is 2.58 bits per heavy atom. The number of hydrogen-bond acceptors (Lipinski definition) is 4. The molecule has 2 aromatic rings. The third-order valence-corrected chi connectivity index (χ3v) is 6.54. The molecule has 0 bridgehead atoms. The molecule has 1 amide bonds. The van der Waals surface area contributed by atoms with Gasteiger partial charge in [-0.25, -0.2) is 13.8 Å². The van der Waals surface area contributed by atoms with E-state index in [4.69, 9.17) is 0 Å². The van der Waals surface area contributed by atoms with Crippen molar-refractivity contribution in [2.45, 2.75) is 98.7 Å². The summed E-state index contributed by atoms with van der Waals surface area (Å²) in [5.74, 6) is -0.680. The highest BCUT2D eigenvalue weighted by Gasteiger charge is 2.28. The maximum absolute atomic E-state index is 14.3. The summed E-state index contributed by atoms with van der Waals surface area (Å²) in [7, 11) is 0. The van der Waals surface area contributed by atoms with Crippen molar-refractivity contribution >= 4 is 11.7 Å². The highest BCUT2D eigenvalue weighted by Crippen LogP contribution is 2.26. The largest absolute Gasteiger partial charge is 0.328 e. The average molecular weight is 506 g/mol. The second kappa shape index (κ2) is 12.3. The number of carbonyl (C=O) groups is 1. The topological polar surface area (TPSA) is 71.0 Å². The van der Waals surface area contributed by atoms with Crippen LogP contribution in [0.1, 0.15) is 79.4 Å². The van der Waals surface area contributed by atoms with Gasteiger partial charge in [-0.1, -0.05) is 41.5 Å². The zero-order valence-corrected chi connectivity index (χ0v) is 22.0. The second-order valence-electron chi connectivity index (χ2n) is 11.6. The highest BCUT2D eigenvalue weighted by molar-refractivity contribution is 5.94. The van der Waals surface area contributed by atoms with Crippen LogP contribution in [0, 0.1) is 17.0 Å². The monoisotopic (exact) mass is 505 g/mol. The molecule has 1 heterocycles. The fraction of sp³-hybridized carbons (Fsp3) is 0.643. The number of halogens is 2. The van der Waals surface area contributed by atoms with Crippen LogP contribution in [0.3, 0.4) is 0 Å². The Hall–Kier alpha value is -2.32. The minimum absolute atomic E-state index is 0. The van der Waals surface area contributed by atoms with Crippen LogP contribution in [-0.4, -0.2) is 40.6 Å². The number of fused-ring (bicyclic) bond motifs is 1. The van der Waals surface area contributed by atoms with Crippen molar-refractivity contribution < 1.29 is 13.6 Å². The van der Waals surface area contributed by atoms with E-state index >= 15 is 0 Å². The molecule has 0 saturated carbocycles. The Bertz CT molecular complexity index is 1010. The minimum Gasteiger partial charge on any atom is -0.328 e. The predicted molar refractivity (Wildman–Crippen MR) is 143 cm³/mol. The van der Waals surface area contributed by atoms with Crippen LogP contribution in [0.25, 0.3) is 0 Å². The Morgan fingerprint density at radius 2 is 1.92 bits per heavy atom. The zero-order valence-electron chi connectivity index (χ0n) is 22.0. The van der Waals surface area contributed by atoms with E-state index in [-0.39, 0.29) is 30.3 Å². The minimum atomic E-state index is -0.538. The first-order chi connectivity index (χ1) is 16.4. The average Bonchev–Trinajstić information content (AvgIpc) is 3.22. The molecule has 2 atom stereocenters. The van der Waals surface area contributed by atoms with E-state index in [0.717, 1.165) is 37.6 Å². The molecule has 1 aliphatic rings. The number of aromatic nitrogens is 2. The smallest absolute Gasteiger partial charge is 0.242 e. The number of hydrogen-bond donors (Lipinski definition) is 3. The Morgan fingerprint density at radius 1 is 1.19 bits per heavy atom. The van der Waals surface area contributed by atoms with Crippen LogP contribution in [-0.2, 0) is 23.2 Å². The number of amides is 1. The molecule has 0 radical (unpaired) electrons. The number of nitrogens with one attached hydrogen (secondary N) is 3. The molecule has 0 spiro atoms. The summed E-state index contributed by atoms with van der Waals surface area (Å²) in [5, 5.41) is 9.89. The zero-order chi connectivity index (χ0) is 25.8. The number of benzene rings is 1. The highest BCUT2D eigenvalue weighted by atomic mass is 19.1. The van der Waals surface area contributed by atoms with E-state index in [1.807, 2.05) is 17.7 Å². The van der Waals surface area contributed by atoms with Crippen LogP contribution in [0.15, 0.2) is 24.7 Å². The van der Waals surface area contributed by atoms with Crippen LogP contribution >= 0.6 is 0 Å². The van der Waals surface area contributed by atoms with E-state index in [1.165, 1.54) is 6.07 Å². The van der Waals surface area contributed by atoms with Crippen molar-refractivity contribution in [2.24, 2.45) is 5.41 Å². The molecular formula is C28H45F2N5O. The number of rotatable bonds is 10. The van der Waals surface area contributed by atoms with E-state index in [9.17, 15) is 13.6 Å². The lowest BCUT2D eigenvalue weighted by atomic mass is 9.87. The summed E-state index contributed by atoms with van der Waals surface area (Å²) in [6.07, 6.45) is 6.86. The number of anilines is 1. The summed E-state index contributed by atoms with van der Waals surface area (Å²) in [5.41, 5.74) is 1.27. The third kappa shape index (κ3) is 8.10. The molecule has 1 aliphatic carbocycles. The van der Waals surface area contributed by atoms with Gasteiger partial charge in [0.15, 0.2) is 5.82 Å². The molecule has 6 nitrogen and oxygen atoms in total. The molecule has 0 fully saturated rings. The van der Waals surface area contributed by atoms with Crippen molar-refractivity contribution in [1.29, 1.82) is 0 Å². The first kappa shape index (κ1) is 29.9. The number of carbonyl (C=O) groups excluding carboxylic acids is 1. The van der Waals surface area contributed by atoms with Gasteiger partial charge < -0.3 is 20.5 Å². The maximum Gasteiger partial charge on any atom is 0.242 e. The van der Waals surface area contributed by atoms with Gasteiger partial charge in [-0.2, -0.15) is 0 Å². The van der Waals surface area contributed by atoms with Gasteiger partial charge in [0.2, 0.25) is 5.91 Å². The quantitative estimate of drug-likeness (QED) is 0.403. The van der Waals surface area contributed by atoms with Crippen molar-refractivity contribution in [3.63, 3.8) is 0 Å². The van der Waals surface area contributed by atoms with E-state index in [2.05, 4.69) is 55.6 Å². The molecule has 8 heteroatoms. The molecular weight excluding hydrogens is 460 g/mol. The normalized spacial score (nSPS) is 16.7. The summed E-state index contributed by atoms with van der Waals surface area (Å²) in [6, 6.07) is 1.90. The van der Waals surface area contributed by atoms with Crippen LogP contribution in [0.5, 0.6) is 0 Å². The van der Waals surface area contributed by atoms with Gasteiger partial charge in [0.25, 0.3) is 0 Å². The SMILES string of the molecule is C.CCC[C@H](N[C@H]1CCc2cc(F)cc(F)c2C1)C(=O)Nc1cn(C(C)(C)CNCC(C)(C)C)cn1. The third-order valence-electron chi connectivity index (χ3n) is 6.54. The molecule has 3 rings (SSSR count). The second-order valence-corrected chi connectivity index (χ2v) is 11.6. The summed E-state index contributed by atoms with van der Waals surface area (Å²) in [6.45, 7) is 14.6. The van der Waals surface area contributed by atoms with Crippen molar-refractivity contribution in [1.82, 2.24) is 20.2 Å². The molecule has 1 aromatic carbocycles. The molecule has 202 valence electrons. The van der Waals surface area contributed by atoms with Crippen LogP contribution < -0.4 is 16.0 Å². The fourth-order valence-electron chi connectivity index (χ4n) is 4.56. The van der Waals surface area contributed by atoms with Gasteiger partial charge in [-0.05, 0) is 62.1 Å². The van der Waals surface area contributed by atoms with Gasteiger partial charge in [0, 0.05) is 31.4 Å². The van der Waals surface area contributed by atoms with Gasteiger partial charge in [-0.15, -0.1) is 0 Å². The molecule has 36 heavy (non-hydrogen) atoms. The standard InChI is InChI=1S/C27H41F2N5O.CH4/c1-7-8-23(32-20-10-9-18-11-19(28)12-22(29)21(18)13-20)25(35)33-24-14-34(17-31-24)27(5,6)16-30-15-26(2,3)4;/h11-12,14,17,20,23,30,32H,7-10,13,15-16H2,1-6H3,(H,33,35);1H4/t20-,23-;/m0./s1. The van der Waals surface area contributed by atoms with Crippen LogP contribution in [0.2, 0.25) is 0 Å². The van der Waals surface area contributed by atoms with E-state index < -0.39 is 17.7 Å². The van der Waals surface area contributed by atoms with Gasteiger partial charge in [0.05, 0.1) is 17.9 Å². The summed E-state index contributed by atoms with van der Waals surface area (Å²) >= 11 is 0. The van der Waals surface area contributed by atoms with Crippen molar-refractivity contribution in [2.75, 3.05) is 18.4 Å². The maximum atomic E-state index is 14.3. The van der Waals surface area contributed by atoms with E-state index in [0.29, 0.717) is 30.6 Å². The van der Waals surface area contributed by atoms with Gasteiger partial charge in [-0.3, -0.25) is 4.79 Å². The molecule has 0 unspecified atom stereocenters. The summed E-state index contributed by atoms with van der Waals surface area (Å²) < 4.78 is 29.9. The van der Waals surface area contributed by atoms with Gasteiger partial charge >= 0.3 is 0 Å². The molecule has 3 N–H and O–H groups in total. The Kier molecular flexibility index (Phi) is 10.2. The molecule has 1 aromatic heterocycles. The molecule has 0 saturated heterocycles. The number of aryl methyl sites for hydroxylation is 1. The number of nitrogens with zero attached hydrogens (tertiary/aromatic N) is 2. The van der Waals surface area contributed by atoms with Crippen molar-refractivity contribution in [3.8, 4) is 0 Å². The predicted octanol–water partition coefficient (Wildman–Crippen LogP) is 5.42. The van der Waals surface area contributed by atoms with Crippen molar-refractivity contribution in [3.05, 3.63) is 47.4 Å². The summed E-state index contributed by atoms with van der Waals surface area (Å²) in [4.78, 5) is 17.5. The first-order valence-electron chi connectivity index (χ1n) is 12.7. The van der Waals surface area contributed by atoms with Crippen LogP contribution in [0.4, 0.5) is 14.6 Å². The lowest BCUT2D eigenvalue weighted by Crippen LogP contribution is -2.48. The first-order valence-corrected chi connectivity index (χ1v) is 12.7.